The number of hydrogen-bond acceptors (Lipinski definition) is 14. The first-order valence-corrected chi connectivity index (χ1v) is 23.6. The zero-order chi connectivity index (χ0) is 50.7. The summed E-state index contributed by atoms with van der Waals surface area (Å²) in [5, 5.41) is 21.7. The van der Waals surface area contributed by atoms with Crippen LogP contribution in [0.15, 0.2) is 139 Å². The number of rotatable bonds is 0. The van der Waals surface area contributed by atoms with Crippen LogP contribution in [0.3, 0.4) is 0 Å². The molecule has 0 bridgehead atoms. The summed E-state index contributed by atoms with van der Waals surface area (Å²) in [5.74, 6) is 5.00. The van der Waals surface area contributed by atoms with Gasteiger partial charge in [-0.15, -0.1) is 32.9 Å². The van der Waals surface area contributed by atoms with E-state index in [0.29, 0.717) is 5.41 Å². The van der Waals surface area contributed by atoms with Gasteiger partial charge in [0.05, 0.1) is 30.4 Å². The van der Waals surface area contributed by atoms with Crippen molar-refractivity contribution in [3.05, 3.63) is 121 Å². The van der Waals surface area contributed by atoms with Gasteiger partial charge >= 0.3 is 0 Å². The normalized spacial score (nSPS) is 8.69. The van der Waals surface area contributed by atoms with Gasteiger partial charge < -0.3 is 17.9 Å². The van der Waals surface area contributed by atoms with Crippen molar-refractivity contribution < 1.29 is 17.9 Å². The van der Waals surface area contributed by atoms with Gasteiger partial charge in [-0.05, 0) is 65.2 Å². The Balaban J connectivity index is -0.000000110. The Bertz CT molecular complexity index is 1020. The molecule has 7 heterocycles. The highest BCUT2D eigenvalue weighted by Gasteiger charge is 1.95. The smallest absolute Gasteiger partial charge is 0.213 e. The lowest BCUT2D eigenvalue weighted by atomic mass is 10.0. The Kier molecular flexibility index (Phi) is 74.6. The monoisotopic (exact) mass is 936 g/mol. The molecular weight excluding hydrogens is 843 g/mol. The Morgan fingerprint density at radius 3 is 1.03 bits per heavy atom. The summed E-state index contributed by atoms with van der Waals surface area (Å²) in [6.07, 6.45) is 18.6. The van der Waals surface area contributed by atoms with Gasteiger partial charge in [-0.25, -0.2) is 9.97 Å². The SMILES string of the molecule is CC(C)(C)C.CC(C)C.CC(C)C.CC(C)C.CC(C)C.CC(C)C.CC(C)C.c1ccoc1.c1cn[nH]c1.c1cnoc1.c1cocn1.c1cscn1.c1ncon1.c1nncs1. The molecule has 370 valence electrons. The number of furan rings is 1. The average Bonchev–Trinajstić information content (AvgIpc) is 4.06. The summed E-state index contributed by atoms with van der Waals surface area (Å²) in [5.41, 5.74) is 5.65. The average molecular weight is 936 g/mol. The number of oxazole rings is 1. The second-order valence-corrected chi connectivity index (χ2v) is 19.6. The van der Waals surface area contributed by atoms with Gasteiger partial charge in [-0.3, -0.25) is 10.1 Å². The van der Waals surface area contributed by atoms with Crippen molar-refractivity contribution in [2.24, 2.45) is 40.9 Å². The van der Waals surface area contributed by atoms with E-state index < -0.39 is 0 Å². The lowest BCUT2D eigenvalue weighted by Crippen LogP contribution is -1.93. The second-order valence-electron chi connectivity index (χ2n) is 18.2. The molecule has 0 spiro atoms. The molecule has 0 amide bonds. The molecule has 1 N–H and O–H groups in total. The topological polar surface area (TPSA) is 171 Å². The minimum Gasteiger partial charge on any atom is -0.473 e. The van der Waals surface area contributed by atoms with Crippen LogP contribution >= 0.6 is 22.7 Å². The third-order valence-electron chi connectivity index (χ3n) is 2.44. The van der Waals surface area contributed by atoms with Crippen molar-refractivity contribution in [3.8, 4) is 0 Å². The minimum absolute atomic E-state index is 0.500. The van der Waals surface area contributed by atoms with E-state index in [1.54, 1.807) is 77.4 Å². The van der Waals surface area contributed by atoms with Crippen LogP contribution in [0, 0.1) is 40.9 Å². The highest BCUT2D eigenvalue weighted by atomic mass is 32.1. The van der Waals surface area contributed by atoms with Crippen molar-refractivity contribution in [1.29, 1.82) is 0 Å². The summed E-state index contributed by atoms with van der Waals surface area (Å²) in [6.45, 7) is 47.7. The van der Waals surface area contributed by atoms with Gasteiger partial charge in [0.25, 0.3) is 0 Å². The second kappa shape index (κ2) is 64.9. The fraction of sp³-hybridized carbons (Fsp3) is 0.592. The van der Waals surface area contributed by atoms with Crippen LogP contribution in [0.5, 0.6) is 0 Å². The van der Waals surface area contributed by atoms with Crippen molar-refractivity contribution >= 4 is 22.7 Å². The van der Waals surface area contributed by atoms with Gasteiger partial charge in [0, 0.05) is 24.0 Å². The lowest BCUT2D eigenvalue weighted by molar-refractivity contribution is 0.416. The summed E-state index contributed by atoms with van der Waals surface area (Å²) >= 11 is 3.09. The third-order valence-corrected chi connectivity index (χ3v) is 3.39. The number of H-pyrrole nitrogens is 1. The summed E-state index contributed by atoms with van der Waals surface area (Å²) in [4.78, 5) is 10.7. The Morgan fingerprint density at radius 2 is 0.922 bits per heavy atom. The number of aromatic amines is 1. The zero-order valence-electron chi connectivity index (χ0n) is 44.0. The fourth-order valence-corrected chi connectivity index (χ4v) is 1.86. The molecule has 0 atom stereocenters. The third kappa shape index (κ3) is 198. The molecule has 64 heavy (non-hydrogen) atoms. The molecule has 0 saturated carbocycles. The Labute approximate surface area is 399 Å². The molecule has 0 radical (unpaired) electrons. The van der Waals surface area contributed by atoms with Crippen molar-refractivity contribution in [2.45, 2.75) is 152 Å². The van der Waals surface area contributed by atoms with Crippen molar-refractivity contribution in [2.75, 3.05) is 0 Å². The molecule has 0 aliphatic rings. The van der Waals surface area contributed by atoms with E-state index in [1.165, 1.54) is 43.0 Å². The quantitative estimate of drug-likeness (QED) is 0.153. The molecular formula is C49H93N9O4S2. The maximum absolute atomic E-state index is 4.58. The predicted molar refractivity (Wildman–Crippen MR) is 275 cm³/mol. The molecule has 0 aromatic carbocycles. The van der Waals surface area contributed by atoms with Crippen molar-refractivity contribution in [3.63, 3.8) is 0 Å². The van der Waals surface area contributed by atoms with Crippen LogP contribution in [0.1, 0.15) is 152 Å². The Hall–Kier alpha value is -4.76. The molecule has 7 aromatic heterocycles. The predicted octanol–water partition coefficient (Wildman–Crippen LogP) is 16.8. The standard InChI is InChI=1S/C5H12.C4H4O.6C4H10.C3H4N2.2C3H3NO.C3H3NS.C2H2N2O.C2H2N2S/c1-5(2,3)4;1-2-4-5-3-1;6*1-4(2)3;1-2-4-5-3-1;1-2-5-3-4-1;1-2-4-5-3-1;1-2-5-3-4-1;1-3-2-5-4-1;1-3-4-2-5-1/h1-4H3;1-4H;6*4H,1-3H3;1-3H,(H,4,5);3*1-3H;2*1-2H. The van der Waals surface area contributed by atoms with Crippen molar-refractivity contribution in [1.82, 2.24) is 45.7 Å². The fourth-order valence-electron chi connectivity index (χ4n) is 1.24. The number of hydrogen-bond donors (Lipinski definition) is 1. The number of thiazole rings is 1. The van der Waals surface area contributed by atoms with Gasteiger partial charge in [-0.1, -0.05) is 163 Å². The van der Waals surface area contributed by atoms with E-state index in [2.05, 4.69) is 216 Å². The lowest BCUT2D eigenvalue weighted by Gasteiger charge is -2.05. The van der Waals surface area contributed by atoms with E-state index in [1.807, 2.05) is 23.6 Å². The molecule has 7 aromatic rings. The summed E-state index contributed by atoms with van der Waals surface area (Å²) in [6, 6.07) is 7.22. The number of nitrogens with one attached hydrogen (secondary N) is 1. The first kappa shape index (κ1) is 73.6. The Morgan fingerprint density at radius 1 is 0.438 bits per heavy atom. The van der Waals surface area contributed by atoms with Crippen LogP contribution in [0.2, 0.25) is 0 Å². The molecule has 0 aliphatic heterocycles. The maximum Gasteiger partial charge on any atom is 0.213 e. The van der Waals surface area contributed by atoms with E-state index in [9.17, 15) is 0 Å². The van der Waals surface area contributed by atoms with Crippen LogP contribution in [0.25, 0.3) is 0 Å². The highest BCUT2D eigenvalue weighted by Crippen LogP contribution is 2.08. The molecule has 15 heteroatoms. The number of nitrogens with zero attached hydrogens (tertiary/aromatic N) is 8. The molecule has 7 rings (SSSR count). The van der Waals surface area contributed by atoms with Gasteiger partial charge in [0.1, 0.15) is 23.5 Å². The van der Waals surface area contributed by atoms with Gasteiger partial charge in [0.15, 0.2) is 12.7 Å². The van der Waals surface area contributed by atoms with Gasteiger partial charge in [-0.2, -0.15) is 5.10 Å². The maximum atomic E-state index is 4.58. The minimum atomic E-state index is 0.500. The molecule has 0 unspecified atom stereocenters. The van der Waals surface area contributed by atoms with Crippen LogP contribution in [-0.2, 0) is 0 Å². The summed E-state index contributed by atoms with van der Waals surface area (Å²) < 4.78 is 17.6. The van der Waals surface area contributed by atoms with Gasteiger partial charge in [0.2, 0.25) is 6.39 Å². The molecule has 0 saturated heterocycles. The number of aromatic nitrogens is 9. The summed E-state index contributed by atoms with van der Waals surface area (Å²) in [7, 11) is 0. The largest absolute Gasteiger partial charge is 0.473 e. The molecule has 13 nitrogen and oxygen atoms in total. The zero-order valence-corrected chi connectivity index (χ0v) is 45.7. The van der Waals surface area contributed by atoms with E-state index in [4.69, 9.17) is 0 Å². The molecule has 0 fully saturated rings. The molecule has 0 aliphatic carbocycles. The first-order chi connectivity index (χ1) is 29.9. The van der Waals surface area contributed by atoms with E-state index >= 15 is 0 Å². The van der Waals surface area contributed by atoms with E-state index in [0.717, 1.165) is 35.5 Å². The van der Waals surface area contributed by atoms with E-state index in [-0.39, 0.29) is 0 Å². The van der Waals surface area contributed by atoms with Crippen LogP contribution < -0.4 is 0 Å². The van der Waals surface area contributed by atoms with Crippen LogP contribution in [0.4, 0.5) is 0 Å². The first-order valence-electron chi connectivity index (χ1n) is 21.7. The van der Waals surface area contributed by atoms with Crippen LogP contribution in [-0.4, -0.2) is 45.7 Å². The highest BCUT2D eigenvalue weighted by molar-refractivity contribution is 7.07.